The number of aldehydes is 1. The second-order valence-corrected chi connectivity index (χ2v) is 17.4. The van der Waals surface area contributed by atoms with Crippen LogP contribution in [0.3, 0.4) is 0 Å². The van der Waals surface area contributed by atoms with Crippen molar-refractivity contribution in [3.8, 4) is 0 Å². The van der Waals surface area contributed by atoms with Gasteiger partial charge in [0.2, 0.25) is 23.3 Å². The number of halogens is 24. The van der Waals surface area contributed by atoms with Crippen molar-refractivity contribution < 1.29 is 136 Å². The van der Waals surface area contributed by atoms with Gasteiger partial charge in [0.25, 0.3) is 0 Å². The molecular formula is C46H21BF24FeO3P2+. The molecule has 5 radical (unpaired) electrons. The number of carbonyl (C=O) groups is 1. The first-order chi connectivity index (χ1) is 35.6. The van der Waals surface area contributed by atoms with E-state index < -0.39 is 184 Å². The van der Waals surface area contributed by atoms with Crippen LogP contribution in [0.15, 0.2) is 73.3 Å². The monoisotopic (exact) mass is 1210 g/mol. The van der Waals surface area contributed by atoms with Crippen molar-refractivity contribution in [2.24, 2.45) is 0 Å². The van der Waals surface area contributed by atoms with Crippen LogP contribution in [0.5, 0.6) is 0 Å². The van der Waals surface area contributed by atoms with Crippen LogP contribution in [0, 0.1) is 148 Å². The number of benzene rings is 6. The van der Waals surface area contributed by atoms with Gasteiger partial charge in [0.05, 0.1) is 21.2 Å². The van der Waals surface area contributed by atoms with Crippen molar-refractivity contribution >= 4 is 51.1 Å². The Morgan fingerprint density at radius 1 is 0.351 bits per heavy atom. The number of rotatable bonds is 12. The molecule has 3 nitrogen and oxygen atoms in total. The number of hydrogen-bond donors (Lipinski definition) is 0. The zero-order valence-corrected chi connectivity index (χ0v) is 39.7. The van der Waals surface area contributed by atoms with Gasteiger partial charge in [-0.3, -0.25) is 4.79 Å². The fourth-order valence-electron chi connectivity index (χ4n) is 5.94. The van der Waals surface area contributed by atoms with Crippen molar-refractivity contribution in [2.75, 3.05) is 0 Å². The third kappa shape index (κ3) is 15.0. The Bertz CT molecular complexity index is 2600. The maximum absolute atomic E-state index is 15.6. The van der Waals surface area contributed by atoms with Gasteiger partial charge in [0, 0.05) is 0 Å². The van der Waals surface area contributed by atoms with Gasteiger partial charge >= 0.3 is 24.3 Å². The van der Waals surface area contributed by atoms with E-state index in [0.717, 1.165) is 60.7 Å². The van der Waals surface area contributed by atoms with Crippen LogP contribution in [0.4, 0.5) is 105 Å². The molecule has 0 unspecified atom stereocenters. The van der Waals surface area contributed by atoms with Gasteiger partial charge in [-0.05, 0) is 49.3 Å². The predicted molar refractivity (Wildman–Crippen MR) is 226 cm³/mol. The summed E-state index contributed by atoms with van der Waals surface area (Å²) < 4.78 is 350. The fourth-order valence-corrected chi connectivity index (χ4v) is 9.94. The summed E-state index contributed by atoms with van der Waals surface area (Å²) in [6.45, 7) is 3.11. The van der Waals surface area contributed by atoms with Gasteiger partial charge in [0.1, 0.15) is 34.8 Å². The standard InChI is InChI=1S/C38H12F20O2P2.C5H5.C3H4O.BF4.Fe/c39-13-17(43)25(51)35(26(52)18(13)44)61(36-27(53)19(45)14(40)20(46)28(36)54)59-33(11-7-3-1-4-8-11)34(12-9-5-2-6-10-12)60-62(37-29(55)21(47)15(41)22(48)30(37)56)38-31(57)23(49)16(42)24(50)32(38)58;1-2-4-5-3-1;1-2-3-4;2-1(3,4)5;/h1-10,33-34H;1-5H;2-3H,1H2;;/q;;;-1;+2/t33-,34-;;;;/m1..../s1. The average molecular weight is 1210 g/mol. The molecule has 7 rings (SSSR count). The molecule has 6 aromatic carbocycles. The fraction of sp³-hybridized carbons (Fsp3) is 0.0435. The minimum absolute atomic E-state index is 0. The van der Waals surface area contributed by atoms with Crippen LogP contribution in [0.1, 0.15) is 23.3 Å². The summed E-state index contributed by atoms with van der Waals surface area (Å²) in [5.41, 5.74) is -1.38. The largest absolute Gasteiger partial charge is 2.00 e. The van der Waals surface area contributed by atoms with E-state index in [1.54, 1.807) is 0 Å². The Morgan fingerprint density at radius 2 is 0.506 bits per heavy atom. The minimum Gasteiger partial charge on any atom is -0.418 e. The Kier molecular flexibility index (Phi) is 24.2. The SMILES string of the molecule is C=CC=O.F[B-](F)(F)F.Fc1c(F)c(F)c(P(O[C@H](c2ccccc2)[C@H](OP(c2c(F)c(F)c(F)c(F)c2F)c2c(F)c(F)c(F)c(F)c2F)c2ccccc2)c2c(F)c(F)c(F)c(F)c2F)c(F)c1F.[CH]1[CH][CH][CH][CH]1.[Fe+2]. The summed E-state index contributed by atoms with van der Waals surface area (Å²) in [6.07, 6.45) is 6.23. The first kappa shape index (κ1) is 65.7. The van der Waals surface area contributed by atoms with E-state index >= 15 is 35.1 Å². The molecule has 2 atom stereocenters. The molecule has 0 heterocycles. The van der Waals surface area contributed by atoms with Gasteiger partial charge in [-0.25, -0.2) is 87.8 Å². The summed E-state index contributed by atoms with van der Waals surface area (Å²) in [6, 6.07) is 9.64. The molecule has 0 aromatic heterocycles. The van der Waals surface area contributed by atoms with E-state index in [0.29, 0.717) is 6.29 Å². The molecule has 0 N–H and O–H groups in total. The summed E-state index contributed by atoms with van der Waals surface area (Å²) in [5.74, 6) is -59.1. The van der Waals surface area contributed by atoms with Gasteiger partial charge in [-0.1, -0.05) is 67.2 Å². The smallest absolute Gasteiger partial charge is 0.418 e. The molecule has 31 heteroatoms. The Morgan fingerprint density at radius 3 is 0.662 bits per heavy atom. The van der Waals surface area contributed by atoms with Crippen LogP contribution in [0.2, 0.25) is 0 Å². The van der Waals surface area contributed by atoms with Crippen molar-refractivity contribution in [3.05, 3.63) is 233 Å². The van der Waals surface area contributed by atoms with Crippen molar-refractivity contribution in [1.82, 2.24) is 0 Å². The molecule has 1 aliphatic carbocycles. The molecule has 0 amide bonds. The molecule has 77 heavy (non-hydrogen) atoms. The number of hydrogen-bond acceptors (Lipinski definition) is 3. The first-order valence-electron chi connectivity index (χ1n) is 19.8. The molecule has 0 saturated heterocycles. The molecular weight excluding hydrogens is 1190 g/mol. The van der Waals surface area contributed by atoms with E-state index in [1.807, 2.05) is 32.1 Å². The van der Waals surface area contributed by atoms with E-state index in [2.05, 4.69) is 6.58 Å². The quantitative estimate of drug-likeness (QED) is 0.0233. The Hall–Kier alpha value is -5.59. The maximum Gasteiger partial charge on any atom is 2.00 e. The van der Waals surface area contributed by atoms with Gasteiger partial charge in [0.15, 0.2) is 93.1 Å². The second kappa shape index (κ2) is 28.3. The zero-order valence-electron chi connectivity index (χ0n) is 36.8. The van der Waals surface area contributed by atoms with Gasteiger partial charge in [-0.2, -0.15) is 0 Å². The normalized spacial score (nSPS) is 12.9. The molecule has 1 saturated carbocycles. The molecule has 411 valence electrons. The van der Waals surface area contributed by atoms with Crippen molar-refractivity contribution in [3.63, 3.8) is 0 Å². The molecule has 0 aliphatic heterocycles. The Labute approximate surface area is 431 Å². The van der Waals surface area contributed by atoms with E-state index in [-0.39, 0.29) is 17.1 Å². The second-order valence-electron chi connectivity index (χ2n) is 14.0. The van der Waals surface area contributed by atoms with Gasteiger partial charge in [-0.15, -0.1) is 0 Å². The predicted octanol–water partition coefficient (Wildman–Crippen LogP) is 14.1. The van der Waals surface area contributed by atoms with Crippen molar-refractivity contribution in [1.29, 1.82) is 0 Å². The summed E-state index contributed by atoms with van der Waals surface area (Å²) in [4.78, 5) is 9.06. The summed E-state index contributed by atoms with van der Waals surface area (Å²) in [7, 11) is -15.6. The number of allylic oxidation sites excluding steroid dienone is 1. The van der Waals surface area contributed by atoms with E-state index in [1.165, 1.54) is 6.08 Å². The summed E-state index contributed by atoms with van der Waals surface area (Å²) >= 11 is 0. The van der Waals surface area contributed by atoms with Crippen molar-refractivity contribution in [2.45, 2.75) is 12.2 Å². The third-order valence-electron chi connectivity index (χ3n) is 9.18. The van der Waals surface area contributed by atoms with Crippen LogP contribution >= 0.6 is 16.3 Å². The molecule has 0 bridgehead atoms. The topological polar surface area (TPSA) is 35.5 Å². The maximum atomic E-state index is 15.6. The molecule has 1 fully saturated rings. The molecule has 1 aliphatic rings. The minimum atomic E-state index is -6.00. The zero-order chi connectivity index (χ0) is 57.3. The Balaban J connectivity index is 0.000000915. The molecule has 0 spiro atoms. The average Bonchev–Trinajstić information content (AvgIpc) is 4.00. The van der Waals surface area contributed by atoms with Crippen LogP contribution in [-0.2, 0) is 30.9 Å². The van der Waals surface area contributed by atoms with E-state index in [9.17, 15) is 69.9 Å². The van der Waals surface area contributed by atoms with Crippen LogP contribution in [-0.4, -0.2) is 13.5 Å². The molecule has 6 aromatic rings. The van der Waals surface area contributed by atoms with Crippen LogP contribution in [0.25, 0.3) is 0 Å². The van der Waals surface area contributed by atoms with E-state index in [4.69, 9.17) is 13.8 Å². The summed E-state index contributed by atoms with van der Waals surface area (Å²) in [5, 5.41) is -9.80. The third-order valence-corrected chi connectivity index (χ3v) is 13.3. The van der Waals surface area contributed by atoms with Crippen LogP contribution < -0.4 is 21.2 Å². The van der Waals surface area contributed by atoms with Gasteiger partial charge < -0.3 is 26.3 Å². The number of carbonyl (C=O) groups excluding carboxylic acids is 1. The first-order valence-corrected chi connectivity index (χ1v) is 22.3.